The Bertz CT molecular complexity index is 1140. The molecule has 2 heterocycles. The number of amidine groups is 1. The van der Waals surface area contributed by atoms with Crippen molar-refractivity contribution in [2.75, 3.05) is 56.1 Å². The molecule has 0 bridgehead atoms. The molecular weight excluding hydrogens is 753 g/mol. The Balaban J connectivity index is 0. The second-order valence-corrected chi connectivity index (χ2v) is 18.8. The fourth-order valence-corrected chi connectivity index (χ4v) is 8.49. The summed E-state index contributed by atoms with van der Waals surface area (Å²) in [6.07, 6.45) is 19.7. The SMILES string of the molecule is CC.CC.CCCCC.CCCCN(CCCC)c1nc(N(CCCC)CCCC)nc(C(C)(N)N(CCCCCCN(C(C)=NC)C(C)C)C2CC(C)(C)NC(C)(C)C2)n1. The van der Waals surface area contributed by atoms with E-state index in [-0.39, 0.29) is 17.1 Å². The van der Waals surface area contributed by atoms with E-state index in [1.807, 2.05) is 34.7 Å². The average molecular weight is 861 g/mol. The highest BCUT2D eigenvalue weighted by Crippen LogP contribution is 2.37. The minimum Gasteiger partial charge on any atom is -0.358 e. The van der Waals surface area contributed by atoms with Gasteiger partial charge in [-0.3, -0.25) is 9.89 Å². The molecule has 0 amide bonds. The first-order valence-electron chi connectivity index (χ1n) is 25.8. The van der Waals surface area contributed by atoms with Crippen LogP contribution in [0.25, 0.3) is 0 Å². The maximum atomic E-state index is 7.69. The number of aromatic nitrogens is 3. The Labute approximate surface area is 381 Å². The monoisotopic (exact) mass is 861 g/mol. The predicted molar refractivity (Wildman–Crippen MR) is 274 cm³/mol. The number of piperidine rings is 1. The molecule has 1 atom stereocenters. The molecule has 0 spiro atoms. The third-order valence-corrected chi connectivity index (χ3v) is 11.6. The fourth-order valence-electron chi connectivity index (χ4n) is 8.49. The van der Waals surface area contributed by atoms with Gasteiger partial charge in [0.2, 0.25) is 11.9 Å². The predicted octanol–water partition coefficient (Wildman–Crippen LogP) is 13.0. The van der Waals surface area contributed by atoms with Crippen LogP contribution in [0.15, 0.2) is 4.99 Å². The highest BCUT2D eigenvalue weighted by molar-refractivity contribution is 5.79. The molecule has 0 saturated carbocycles. The Hall–Kier alpha value is -2.04. The molecule has 0 radical (unpaired) electrons. The topological polar surface area (TPSA) is 102 Å². The van der Waals surface area contributed by atoms with Gasteiger partial charge in [-0.05, 0) is 107 Å². The van der Waals surface area contributed by atoms with Crippen molar-refractivity contribution < 1.29 is 0 Å². The molecule has 1 fully saturated rings. The molecule has 10 heteroatoms. The highest BCUT2D eigenvalue weighted by Gasteiger charge is 2.45. The summed E-state index contributed by atoms with van der Waals surface area (Å²) in [6.45, 7) is 45.4. The third-order valence-electron chi connectivity index (χ3n) is 11.6. The van der Waals surface area contributed by atoms with E-state index < -0.39 is 5.66 Å². The normalized spacial score (nSPS) is 15.8. The van der Waals surface area contributed by atoms with Crippen molar-refractivity contribution in [1.82, 2.24) is 30.1 Å². The van der Waals surface area contributed by atoms with Crippen LogP contribution in [0.1, 0.15) is 240 Å². The lowest BCUT2D eigenvalue weighted by atomic mass is 9.78. The van der Waals surface area contributed by atoms with E-state index in [0.717, 1.165) is 140 Å². The van der Waals surface area contributed by atoms with Crippen LogP contribution in [0.4, 0.5) is 11.9 Å². The minimum atomic E-state index is -0.869. The molecule has 362 valence electrons. The number of rotatable bonds is 27. The summed E-state index contributed by atoms with van der Waals surface area (Å²) < 4.78 is 0. The molecule has 0 aliphatic carbocycles. The van der Waals surface area contributed by atoms with Crippen LogP contribution in [0.5, 0.6) is 0 Å². The molecule has 0 aromatic carbocycles. The number of nitrogens with two attached hydrogens (primary N) is 1. The molecule has 1 aliphatic rings. The van der Waals surface area contributed by atoms with E-state index in [2.05, 4.69) is 127 Å². The van der Waals surface area contributed by atoms with Gasteiger partial charge < -0.3 is 25.8 Å². The first kappa shape index (κ1) is 61.0. The molecule has 61 heavy (non-hydrogen) atoms. The summed E-state index contributed by atoms with van der Waals surface area (Å²) >= 11 is 0. The van der Waals surface area contributed by atoms with Gasteiger partial charge in [0.1, 0.15) is 5.66 Å². The molecule has 1 aromatic rings. The van der Waals surface area contributed by atoms with Crippen LogP contribution in [0.2, 0.25) is 0 Å². The van der Waals surface area contributed by atoms with Crippen molar-refractivity contribution in [2.45, 2.75) is 263 Å². The zero-order chi connectivity index (χ0) is 47.1. The number of anilines is 2. The van der Waals surface area contributed by atoms with Crippen molar-refractivity contribution in [2.24, 2.45) is 10.7 Å². The van der Waals surface area contributed by atoms with Gasteiger partial charge in [0.25, 0.3) is 0 Å². The van der Waals surface area contributed by atoms with Crippen LogP contribution in [0, 0.1) is 0 Å². The van der Waals surface area contributed by atoms with Crippen LogP contribution in [-0.4, -0.2) is 100 Å². The standard InChI is InChI=1S/C42H84N10.C5H12.2C2H6/c1-14-18-26-49(27-19-15-2)38-45-37(46-39(47-38)50(28-20-16-3)29-21-17-4)42(12,43)52(36-32-40(8,9)48-41(10,11)33-36)31-25-23-22-24-30-51(34(5)6)35(7)44-13;1-3-5-4-2;2*1-2/h34,36,48H,14-33,43H2,1-13H3;3-5H2,1-2H3;2*1-2H3. The van der Waals surface area contributed by atoms with E-state index in [4.69, 9.17) is 20.7 Å². The van der Waals surface area contributed by atoms with Gasteiger partial charge >= 0.3 is 0 Å². The average Bonchev–Trinajstić information content (AvgIpc) is 3.22. The zero-order valence-corrected chi connectivity index (χ0v) is 44.6. The van der Waals surface area contributed by atoms with Gasteiger partial charge in [0.15, 0.2) is 5.82 Å². The summed E-state index contributed by atoms with van der Waals surface area (Å²) in [6, 6.07) is 0.746. The second kappa shape index (κ2) is 34.4. The number of nitrogens with zero attached hydrogens (tertiary/aromatic N) is 8. The summed E-state index contributed by atoms with van der Waals surface area (Å²) in [4.78, 5) is 30.2. The Morgan fingerprint density at radius 1 is 0.639 bits per heavy atom. The summed E-state index contributed by atoms with van der Waals surface area (Å²) in [5, 5.41) is 3.92. The Morgan fingerprint density at radius 2 is 1.02 bits per heavy atom. The lowest BCUT2D eigenvalue weighted by Gasteiger charge is -2.53. The quantitative estimate of drug-likeness (QED) is 0.0387. The smallest absolute Gasteiger partial charge is 0.230 e. The minimum absolute atomic E-state index is 0.0105. The molecular formula is C51H108N10. The number of hydrogen-bond acceptors (Lipinski definition) is 9. The lowest BCUT2D eigenvalue weighted by Crippen LogP contribution is -2.66. The number of aliphatic imine (C=N–C) groups is 1. The first-order valence-corrected chi connectivity index (χ1v) is 25.8. The highest BCUT2D eigenvalue weighted by atomic mass is 15.4. The van der Waals surface area contributed by atoms with Crippen LogP contribution >= 0.6 is 0 Å². The molecule has 1 saturated heterocycles. The van der Waals surface area contributed by atoms with Gasteiger partial charge in [-0.2, -0.15) is 15.0 Å². The molecule has 1 unspecified atom stereocenters. The summed E-state index contributed by atoms with van der Waals surface area (Å²) in [7, 11) is 1.90. The lowest BCUT2D eigenvalue weighted by molar-refractivity contribution is -0.00852. The Kier molecular flexibility index (Phi) is 34.4. The molecule has 2 rings (SSSR count). The maximum Gasteiger partial charge on any atom is 0.230 e. The van der Waals surface area contributed by atoms with Gasteiger partial charge in [0.05, 0.1) is 5.84 Å². The van der Waals surface area contributed by atoms with E-state index in [0.29, 0.717) is 11.9 Å². The van der Waals surface area contributed by atoms with E-state index in [9.17, 15) is 0 Å². The van der Waals surface area contributed by atoms with Gasteiger partial charge in [0, 0.05) is 69.5 Å². The zero-order valence-electron chi connectivity index (χ0n) is 44.6. The van der Waals surface area contributed by atoms with Crippen molar-refractivity contribution >= 4 is 17.7 Å². The maximum absolute atomic E-state index is 7.69. The largest absolute Gasteiger partial charge is 0.358 e. The number of hydrogen-bond donors (Lipinski definition) is 2. The molecule has 10 nitrogen and oxygen atoms in total. The van der Waals surface area contributed by atoms with Crippen LogP contribution in [-0.2, 0) is 5.66 Å². The molecule has 3 N–H and O–H groups in total. The second-order valence-electron chi connectivity index (χ2n) is 18.8. The van der Waals surface area contributed by atoms with Crippen molar-refractivity contribution in [1.29, 1.82) is 0 Å². The first-order chi connectivity index (χ1) is 29.0. The van der Waals surface area contributed by atoms with Crippen molar-refractivity contribution in [3.8, 4) is 0 Å². The summed E-state index contributed by atoms with van der Waals surface area (Å²) in [5.41, 5.74) is 6.80. The van der Waals surface area contributed by atoms with E-state index in [1.54, 1.807) is 0 Å². The van der Waals surface area contributed by atoms with E-state index in [1.165, 1.54) is 25.7 Å². The number of unbranched alkanes of at least 4 members (excludes halogenated alkanes) is 9. The molecule has 1 aliphatic heterocycles. The van der Waals surface area contributed by atoms with Gasteiger partial charge in [-0.15, -0.1) is 0 Å². The third kappa shape index (κ3) is 24.0. The number of nitrogens with one attached hydrogen (secondary N) is 1. The van der Waals surface area contributed by atoms with E-state index >= 15 is 0 Å². The van der Waals surface area contributed by atoms with Gasteiger partial charge in [-0.1, -0.05) is 127 Å². The van der Waals surface area contributed by atoms with Crippen LogP contribution in [0.3, 0.4) is 0 Å². The van der Waals surface area contributed by atoms with Crippen LogP contribution < -0.4 is 20.9 Å². The Morgan fingerprint density at radius 3 is 1.34 bits per heavy atom. The van der Waals surface area contributed by atoms with Gasteiger partial charge in [-0.25, -0.2) is 0 Å². The van der Waals surface area contributed by atoms with Crippen molar-refractivity contribution in [3.63, 3.8) is 0 Å². The molecule has 1 aromatic heterocycles. The fraction of sp³-hybridized carbons (Fsp3) is 0.922. The van der Waals surface area contributed by atoms with Crippen molar-refractivity contribution in [3.05, 3.63) is 5.82 Å². The summed E-state index contributed by atoms with van der Waals surface area (Å²) in [5.74, 6) is 3.42.